The predicted molar refractivity (Wildman–Crippen MR) is 105 cm³/mol. The van der Waals surface area contributed by atoms with Gasteiger partial charge < -0.3 is 11.1 Å². The maximum Gasteiger partial charge on any atom is 0.238 e. The van der Waals surface area contributed by atoms with Crippen LogP contribution >= 0.6 is 12.4 Å². The Balaban J connectivity index is 0.00000225. The van der Waals surface area contributed by atoms with Crippen molar-refractivity contribution in [3.8, 4) is 5.69 Å². The summed E-state index contributed by atoms with van der Waals surface area (Å²) in [7, 11) is 0. The van der Waals surface area contributed by atoms with Gasteiger partial charge in [0, 0.05) is 12.5 Å². The van der Waals surface area contributed by atoms with Crippen molar-refractivity contribution in [3.63, 3.8) is 0 Å². The number of hydrogen-bond acceptors (Lipinski definition) is 6. The fraction of sp³-hybridized carbons (Fsp3) is 0.556. The van der Waals surface area contributed by atoms with Crippen molar-refractivity contribution in [1.82, 2.24) is 25.1 Å². The maximum absolute atomic E-state index is 14.2. The van der Waals surface area contributed by atoms with Crippen LogP contribution in [0.3, 0.4) is 0 Å². The molecule has 2 aromatic rings. The van der Waals surface area contributed by atoms with Crippen LogP contribution in [0.5, 0.6) is 0 Å². The van der Waals surface area contributed by atoms with Crippen LogP contribution in [0.15, 0.2) is 18.2 Å². The third-order valence-electron chi connectivity index (χ3n) is 5.40. The highest BCUT2D eigenvalue weighted by Crippen LogP contribution is 2.39. The molecule has 1 aromatic carbocycles. The first-order chi connectivity index (χ1) is 13.0. The number of amides is 1. The molecule has 3 N–H and O–H groups in total. The van der Waals surface area contributed by atoms with Gasteiger partial charge in [-0.1, -0.05) is 6.92 Å². The normalized spacial score (nSPS) is 22.1. The molecular weight excluding hydrogens is 385 g/mol. The van der Waals surface area contributed by atoms with E-state index in [0.29, 0.717) is 18.2 Å². The Morgan fingerprint density at radius 1 is 1.43 bits per heavy atom. The number of carbonyl (C=O) groups is 1. The van der Waals surface area contributed by atoms with Gasteiger partial charge in [0.05, 0.1) is 17.9 Å². The number of rotatable bonds is 6. The van der Waals surface area contributed by atoms with Crippen molar-refractivity contribution in [2.45, 2.75) is 32.1 Å². The van der Waals surface area contributed by atoms with Gasteiger partial charge in [0.2, 0.25) is 5.91 Å². The molecule has 8 nitrogen and oxygen atoms in total. The van der Waals surface area contributed by atoms with Gasteiger partial charge in [-0.15, -0.1) is 17.5 Å². The highest BCUT2D eigenvalue weighted by atomic mass is 35.5. The Hall–Kier alpha value is -2.10. The second-order valence-electron chi connectivity index (χ2n) is 7.91. The largest absolute Gasteiger partial charge is 0.330 e. The van der Waals surface area contributed by atoms with E-state index in [2.05, 4.69) is 32.7 Å². The number of likely N-dealkylation sites (tertiary alicyclic amines) is 1. The minimum Gasteiger partial charge on any atom is -0.330 e. The molecule has 1 atom stereocenters. The minimum atomic E-state index is -0.485. The van der Waals surface area contributed by atoms with Gasteiger partial charge in [-0.3, -0.25) is 9.69 Å². The van der Waals surface area contributed by atoms with Gasteiger partial charge in [-0.25, -0.2) is 4.39 Å². The number of halogens is 2. The molecule has 28 heavy (non-hydrogen) atoms. The summed E-state index contributed by atoms with van der Waals surface area (Å²) in [5.74, 6) is 0.403. The molecule has 1 saturated heterocycles. The Morgan fingerprint density at radius 2 is 2.21 bits per heavy atom. The molecule has 152 valence electrons. The van der Waals surface area contributed by atoms with E-state index in [4.69, 9.17) is 5.73 Å². The van der Waals surface area contributed by atoms with E-state index in [1.807, 2.05) is 0 Å². The Labute approximate surface area is 169 Å². The molecule has 10 heteroatoms. The molecule has 0 bridgehead atoms. The number of carbonyl (C=O) groups excluding carboxylic acids is 1. The zero-order valence-electron chi connectivity index (χ0n) is 15.8. The lowest BCUT2D eigenvalue weighted by atomic mass is 9.90. The summed E-state index contributed by atoms with van der Waals surface area (Å²) >= 11 is 0. The molecule has 1 saturated carbocycles. The summed E-state index contributed by atoms with van der Waals surface area (Å²) in [6, 6.07) is 4.51. The summed E-state index contributed by atoms with van der Waals surface area (Å²) in [4.78, 5) is 14.5. The molecular formula is C18H25ClFN7O. The van der Waals surface area contributed by atoms with Gasteiger partial charge in [-0.2, -0.15) is 4.68 Å². The lowest BCUT2D eigenvalue weighted by molar-refractivity contribution is -0.117. The smallest absolute Gasteiger partial charge is 0.238 e. The third-order valence-corrected chi connectivity index (χ3v) is 5.40. The highest BCUT2D eigenvalue weighted by molar-refractivity contribution is 5.92. The number of hydrogen-bond donors (Lipinski definition) is 2. The van der Waals surface area contributed by atoms with Gasteiger partial charge in [-0.05, 0) is 66.4 Å². The summed E-state index contributed by atoms with van der Waals surface area (Å²) in [5, 5.41) is 14.5. The topological polar surface area (TPSA) is 102 Å². The summed E-state index contributed by atoms with van der Waals surface area (Å²) < 4.78 is 15.8. The highest BCUT2D eigenvalue weighted by Gasteiger charge is 2.33. The average molecular weight is 410 g/mol. The van der Waals surface area contributed by atoms with E-state index in [-0.39, 0.29) is 36.0 Å². The van der Waals surface area contributed by atoms with Crippen LogP contribution in [0.1, 0.15) is 37.9 Å². The molecule has 1 amide bonds. The second kappa shape index (κ2) is 8.10. The van der Waals surface area contributed by atoms with E-state index in [0.717, 1.165) is 38.2 Å². The minimum absolute atomic E-state index is 0. The molecule has 2 fully saturated rings. The predicted octanol–water partition coefficient (Wildman–Crippen LogP) is 1.71. The molecule has 1 aliphatic carbocycles. The lowest BCUT2D eigenvalue weighted by Crippen LogP contribution is -2.35. The monoisotopic (exact) mass is 409 g/mol. The number of benzene rings is 1. The molecule has 1 unspecified atom stereocenters. The Bertz CT molecular complexity index is 856. The zero-order chi connectivity index (χ0) is 19.0. The van der Waals surface area contributed by atoms with E-state index < -0.39 is 5.82 Å². The van der Waals surface area contributed by atoms with Crippen molar-refractivity contribution in [2.75, 3.05) is 31.5 Å². The van der Waals surface area contributed by atoms with Crippen LogP contribution in [0.25, 0.3) is 5.69 Å². The number of aromatic nitrogens is 4. The summed E-state index contributed by atoms with van der Waals surface area (Å²) in [6.45, 7) is 4.53. The number of tetrazole rings is 1. The van der Waals surface area contributed by atoms with Crippen molar-refractivity contribution in [2.24, 2.45) is 11.1 Å². The first kappa shape index (κ1) is 20.6. The molecule has 0 radical (unpaired) electrons. The van der Waals surface area contributed by atoms with E-state index in [9.17, 15) is 9.18 Å². The number of anilines is 1. The zero-order valence-corrected chi connectivity index (χ0v) is 16.6. The number of nitrogens with zero attached hydrogens (tertiary/aromatic N) is 5. The van der Waals surface area contributed by atoms with Gasteiger partial charge in [0.1, 0.15) is 5.82 Å². The van der Waals surface area contributed by atoms with Crippen LogP contribution in [0.2, 0.25) is 0 Å². The van der Waals surface area contributed by atoms with Crippen molar-refractivity contribution in [1.29, 1.82) is 0 Å². The van der Waals surface area contributed by atoms with Gasteiger partial charge >= 0.3 is 0 Å². The molecule has 1 aromatic heterocycles. The Morgan fingerprint density at radius 3 is 2.89 bits per heavy atom. The lowest BCUT2D eigenvalue weighted by Gasteiger charge is -2.22. The van der Waals surface area contributed by atoms with Crippen molar-refractivity contribution in [3.05, 3.63) is 29.8 Å². The third kappa shape index (κ3) is 4.31. The number of nitrogens with two attached hydrogens (primary N) is 1. The maximum atomic E-state index is 14.2. The van der Waals surface area contributed by atoms with Crippen LogP contribution in [-0.2, 0) is 4.79 Å². The van der Waals surface area contributed by atoms with E-state index in [1.165, 1.54) is 6.07 Å². The SMILES string of the molecule is CC1(CN)CCN(CC(=O)Nc2cc(-n3nnnc3C3CC3)ccc2F)C1.Cl. The molecule has 0 spiro atoms. The van der Waals surface area contributed by atoms with E-state index in [1.54, 1.807) is 16.8 Å². The van der Waals surface area contributed by atoms with Crippen molar-refractivity contribution < 1.29 is 9.18 Å². The molecule has 2 aliphatic rings. The number of nitrogens with one attached hydrogen (secondary N) is 1. The van der Waals surface area contributed by atoms with E-state index >= 15 is 0 Å². The first-order valence-corrected chi connectivity index (χ1v) is 9.28. The van der Waals surface area contributed by atoms with Crippen LogP contribution in [0, 0.1) is 11.2 Å². The Kier molecular flexibility index (Phi) is 5.97. The quantitative estimate of drug-likeness (QED) is 0.753. The van der Waals surface area contributed by atoms with Crippen LogP contribution < -0.4 is 11.1 Å². The first-order valence-electron chi connectivity index (χ1n) is 9.28. The molecule has 2 heterocycles. The summed E-state index contributed by atoms with van der Waals surface area (Å²) in [5.41, 5.74) is 6.63. The van der Waals surface area contributed by atoms with Crippen molar-refractivity contribution >= 4 is 24.0 Å². The summed E-state index contributed by atoms with van der Waals surface area (Å²) in [6.07, 6.45) is 3.08. The second-order valence-corrected chi connectivity index (χ2v) is 7.91. The average Bonchev–Trinajstić information content (AvgIpc) is 3.25. The van der Waals surface area contributed by atoms with Crippen LogP contribution in [-0.4, -0.2) is 57.2 Å². The fourth-order valence-electron chi connectivity index (χ4n) is 3.54. The standard InChI is InChI=1S/C18H24FN7O.ClH/c1-18(10-20)6-7-25(11-18)9-16(27)21-15-8-13(4-5-14(15)19)26-17(12-2-3-12)22-23-24-26;/h4-5,8,12H,2-3,6-7,9-11,20H2,1H3,(H,21,27);1H. The van der Waals surface area contributed by atoms with Gasteiger partial charge in [0.25, 0.3) is 0 Å². The fourth-order valence-corrected chi connectivity index (χ4v) is 3.54. The molecule has 1 aliphatic heterocycles. The molecule has 4 rings (SSSR count). The van der Waals surface area contributed by atoms with Crippen LogP contribution in [0.4, 0.5) is 10.1 Å². The van der Waals surface area contributed by atoms with Gasteiger partial charge in [0.15, 0.2) is 5.82 Å².